The zero-order valence-electron chi connectivity index (χ0n) is 15.0. The van der Waals surface area contributed by atoms with Crippen molar-refractivity contribution < 1.29 is 27.6 Å². The SMILES string of the molecule is NCC1CCCCC12NC(=O)N(CC(=O)Nc1cccc(C(F)(F)F)c1)C2=O. The molecule has 4 N–H and O–H groups in total. The summed E-state index contributed by atoms with van der Waals surface area (Å²) in [6.07, 6.45) is -1.73. The highest BCUT2D eigenvalue weighted by atomic mass is 19.4. The number of hydrogen-bond donors (Lipinski definition) is 3. The first-order valence-electron chi connectivity index (χ1n) is 8.98. The fraction of sp³-hybridized carbons (Fsp3) is 0.500. The Bertz CT molecular complexity index is 799. The average molecular weight is 398 g/mol. The predicted molar refractivity (Wildman–Crippen MR) is 94.1 cm³/mol. The van der Waals surface area contributed by atoms with Gasteiger partial charge in [-0.15, -0.1) is 0 Å². The van der Waals surface area contributed by atoms with Gasteiger partial charge in [-0.25, -0.2) is 4.79 Å². The Balaban J connectivity index is 1.71. The molecule has 2 aliphatic rings. The van der Waals surface area contributed by atoms with Crippen LogP contribution in [0, 0.1) is 5.92 Å². The molecule has 3 rings (SSSR count). The van der Waals surface area contributed by atoms with E-state index in [0.717, 1.165) is 35.9 Å². The lowest BCUT2D eigenvalue weighted by Crippen LogP contribution is -2.57. The van der Waals surface area contributed by atoms with Crippen LogP contribution in [0.4, 0.5) is 23.7 Å². The molecule has 1 aromatic carbocycles. The number of nitrogens with one attached hydrogen (secondary N) is 2. The van der Waals surface area contributed by atoms with E-state index in [1.807, 2.05) is 0 Å². The Morgan fingerprint density at radius 1 is 1.32 bits per heavy atom. The number of anilines is 1. The number of urea groups is 1. The lowest BCUT2D eigenvalue weighted by molar-refractivity contribution is -0.137. The van der Waals surface area contributed by atoms with Crippen molar-refractivity contribution in [2.75, 3.05) is 18.4 Å². The normalized spacial score (nSPS) is 25.1. The van der Waals surface area contributed by atoms with Crippen LogP contribution in [0.3, 0.4) is 0 Å². The monoisotopic (exact) mass is 398 g/mol. The van der Waals surface area contributed by atoms with Crippen LogP contribution in [0.2, 0.25) is 0 Å². The van der Waals surface area contributed by atoms with Crippen LogP contribution in [-0.2, 0) is 15.8 Å². The Morgan fingerprint density at radius 2 is 2.07 bits per heavy atom. The van der Waals surface area contributed by atoms with Gasteiger partial charge < -0.3 is 16.4 Å². The van der Waals surface area contributed by atoms with Crippen molar-refractivity contribution in [3.05, 3.63) is 29.8 Å². The lowest BCUT2D eigenvalue weighted by Gasteiger charge is -2.38. The fourth-order valence-corrected chi connectivity index (χ4v) is 3.92. The van der Waals surface area contributed by atoms with Crippen molar-refractivity contribution >= 4 is 23.5 Å². The standard InChI is InChI=1S/C18H21F3N4O3/c19-18(20,21)11-5-3-6-13(8-11)23-14(26)10-25-15(27)17(24-16(25)28)7-2-1-4-12(17)9-22/h3,5-6,8,12H,1-2,4,7,9-10,22H2,(H,23,26)(H,24,28). The van der Waals surface area contributed by atoms with Crippen molar-refractivity contribution in [2.45, 2.75) is 37.4 Å². The van der Waals surface area contributed by atoms with Crippen LogP contribution in [0.5, 0.6) is 0 Å². The molecule has 4 amide bonds. The van der Waals surface area contributed by atoms with E-state index in [4.69, 9.17) is 5.73 Å². The summed E-state index contributed by atoms with van der Waals surface area (Å²) < 4.78 is 38.3. The van der Waals surface area contributed by atoms with E-state index in [1.165, 1.54) is 6.07 Å². The second kappa shape index (κ2) is 7.42. The van der Waals surface area contributed by atoms with Crippen LogP contribution >= 0.6 is 0 Å². The van der Waals surface area contributed by atoms with E-state index in [9.17, 15) is 27.6 Å². The molecule has 7 nitrogen and oxygen atoms in total. The van der Waals surface area contributed by atoms with Crippen LogP contribution in [0.1, 0.15) is 31.2 Å². The molecule has 2 unspecified atom stereocenters. The highest BCUT2D eigenvalue weighted by molar-refractivity contribution is 6.10. The van der Waals surface area contributed by atoms with Gasteiger partial charge in [-0.05, 0) is 37.6 Å². The third-order valence-corrected chi connectivity index (χ3v) is 5.33. The number of amides is 4. The Morgan fingerprint density at radius 3 is 2.75 bits per heavy atom. The number of carbonyl (C=O) groups excluding carboxylic acids is 3. The summed E-state index contributed by atoms with van der Waals surface area (Å²) in [6, 6.07) is 3.44. The third-order valence-electron chi connectivity index (χ3n) is 5.33. The van der Waals surface area contributed by atoms with Crippen LogP contribution < -0.4 is 16.4 Å². The highest BCUT2D eigenvalue weighted by Crippen LogP contribution is 2.38. The van der Waals surface area contributed by atoms with Gasteiger partial charge in [0.25, 0.3) is 5.91 Å². The summed E-state index contributed by atoms with van der Waals surface area (Å²) in [6.45, 7) is -0.351. The summed E-state index contributed by atoms with van der Waals surface area (Å²) in [5.74, 6) is -1.49. The van der Waals surface area contributed by atoms with Crippen molar-refractivity contribution in [1.29, 1.82) is 0 Å². The molecule has 2 atom stereocenters. The van der Waals surface area contributed by atoms with Gasteiger partial charge in [0.1, 0.15) is 12.1 Å². The van der Waals surface area contributed by atoms with Crippen molar-refractivity contribution in [3.8, 4) is 0 Å². The van der Waals surface area contributed by atoms with Gasteiger partial charge in [-0.1, -0.05) is 18.9 Å². The minimum Gasteiger partial charge on any atom is -0.330 e. The first kappa shape index (κ1) is 20.1. The highest BCUT2D eigenvalue weighted by Gasteiger charge is 2.56. The molecule has 1 aliphatic carbocycles. The first-order chi connectivity index (χ1) is 13.2. The van der Waals surface area contributed by atoms with E-state index in [1.54, 1.807) is 0 Å². The van der Waals surface area contributed by atoms with Gasteiger partial charge in [0.05, 0.1) is 5.56 Å². The van der Waals surface area contributed by atoms with Gasteiger partial charge in [-0.3, -0.25) is 14.5 Å². The number of hydrogen-bond acceptors (Lipinski definition) is 4. The van der Waals surface area contributed by atoms with E-state index in [-0.39, 0.29) is 18.2 Å². The van der Waals surface area contributed by atoms with Crippen LogP contribution in [0.25, 0.3) is 0 Å². The number of benzene rings is 1. The van der Waals surface area contributed by atoms with Crippen LogP contribution in [-0.4, -0.2) is 41.4 Å². The van der Waals surface area contributed by atoms with E-state index >= 15 is 0 Å². The molecule has 0 aromatic heterocycles. The molecule has 152 valence electrons. The van der Waals surface area contributed by atoms with Gasteiger partial charge in [-0.2, -0.15) is 13.2 Å². The van der Waals surface area contributed by atoms with Gasteiger partial charge in [0.15, 0.2) is 0 Å². The summed E-state index contributed by atoms with van der Waals surface area (Å²) in [5, 5.41) is 5.00. The molecule has 10 heteroatoms. The molecule has 1 aromatic rings. The van der Waals surface area contributed by atoms with Crippen molar-refractivity contribution in [1.82, 2.24) is 10.2 Å². The molecule has 0 bridgehead atoms. The first-order valence-corrected chi connectivity index (χ1v) is 8.98. The zero-order chi connectivity index (χ0) is 20.5. The molecule has 28 heavy (non-hydrogen) atoms. The molecule has 1 spiro atoms. The van der Waals surface area contributed by atoms with Gasteiger partial charge >= 0.3 is 12.2 Å². The molecule has 1 aliphatic heterocycles. The Kier molecular flexibility index (Phi) is 5.33. The second-order valence-corrected chi connectivity index (χ2v) is 7.10. The smallest absolute Gasteiger partial charge is 0.330 e. The largest absolute Gasteiger partial charge is 0.416 e. The molecule has 2 fully saturated rings. The third kappa shape index (κ3) is 3.68. The predicted octanol–water partition coefficient (Wildman–Crippen LogP) is 2.08. The van der Waals surface area contributed by atoms with Crippen molar-refractivity contribution in [3.63, 3.8) is 0 Å². The maximum Gasteiger partial charge on any atom is 0.416 e. The Hall–Kier alpha value is -2.62. The van der Waals surface area contributed by atoms with Crippen LogP contribution in [0.15, 0.2) is 24.3 Å². The molecule has 1 saturated carbocycles. The number of halogens is 3. The fourth-order valence-electron chi connectivity index (χ4n) is 3.92. The summed E-state index contributed by atoms with van der Waals surface area (Å²) in [4.78, 5) is 38.3. The van der Waals surface area contributed by atoms with E-state index in [0.29, 0.717) is 12.8 Å². The lowest BCUT2D eigenvalue weighted by atomic mass is 9.72. The minimum absolute atomic E-state index is 0.0703. The summed E-state index contributed by atoms with van der Waals surface area (Å²) in [7, 11) is 0. The number of rotatable bonds is 4. The van der Waals surface area contributed by atoms with Crippen molar-refractivity contribution in [2.24, 2.45) is 11.7 Å². The number of carbonyl (C=O) groups is 3. The zero-order valence-corrected chi connectivity index (χ0v) is 15.0. The number of nitrogens with two attached hydrogens (primary N) is 1. The maximum absolute atomic E-state index is 12.9. The topological polar surface area (TPSA) is 105 Å². The van der Waals surface area contributed by atoms with Gasteiger partial charge in [0.2, 0.25) is 5.91 Å². The number of imide groups is 1. The molecule has 1 heterocycles. The average Bonchev–Trinajstić information content (AvgIpc) is 2.86. The summed E-state index contributed by atoms with van der Waals surface area (Å²) in [5.41, 5.74) is 3.69. The van der Waals surface area contributed by atoms with E-state index < -0.39 is 41.7 Å². The number of alkyl halides is 3. The molecule has 1 saturated heterocycles. The molecular formula is C18H21F3N4O3. The number of nitrogens with zero attached hydrogens (tertiary/aromatic N) is 1. The molecular weight excluding hydrogens is 377 g/mol. The Labute approximate surface area is 159 Å². The molecule has 0 radical (unpaired) electrons. The van der Waals surface area contributed by atoms with Gasteiger partial charge in [0, 0.05) is 11.6 Å². The maximum atomic E-state index is 12.9. The second-order valence-electron chi connectivity index (χ2n) is 7.10. The summed E-state index contributed by atoms with van der Waals surface area (Å²) >= 11 is 0. The minimum atomic E-state index is -4.55. The van der Waals surface area contributed by atoms with E-state index in [2.05, 4.69) is 10.6 Å². The quantitative estimate of drug-likeness (QED) is 0.676.